The van der Waals surface area contributed by atoms with E-state index in [1.165, 1.54) is 12.1 Å². The number of H-pyrrole nitrogens is 1. The van der Waals surface area contributed by atoms with Crippen LogP contribution in [0.15, 0.2) is 18.2 Å². The molecule has 0 saturated carbocycles. The lowest BCUT2D eigenvalue weighted by Gasteiger charge is -1.92. The Morgan fingerprint density at radius 1 is 1.57 bits per heavy atom. The number of primary amides is 1. The number of carbonyl (C=O) groups excluding carboxylic acids is 1. The smallest absolute Gasteiger partial charge is 0.318 e. The Kier molecular flexibility index (Phi) is 1.74. The summed E-state index contributed by atoms with van der Waals surface area (Å²) < 4.78 is 0. The first-order valence-electron chi connectivity index (χ1n) is 3.90. The molecular weight excluding hydrogens is 184 g/mol. The number of imidazole rings is 1. The van der Waals surface area contributed by atoms with Gasteiger partial charge in [-0.1, -0.05) is 0 Å². The van der Waals surface area contributed by atoms with Gasteiger partial charge in [-0.25, -0.2) is 9.78 Å². The van der Waals surface area contributed by atoms with Crippen LogP contribution in [-0.4, -0.2) is 21.1 Å². The van der Waals surface area contributed by atoms with Crippen LogP contribution in [0, 0.1) is 0 Å². The van der Waals surface area contributed by atoms with Gasteiger partial charge in [-0.3, -0.25) is 5.32 Å². The Labute approximate surface area is 78.8 Å². The molecule has 72 valence electrons. The van der Waals surface area contributed by atoms with Crippen molar-refractivity contribution in [2.75, 3.05) is 5.32 Å². The van der Waals surface area contributed by atoms with E-state index in [-0.39, 0.29) is 11.7 Å². The first-order chi connectivity index (χ1) is 6.65. The summed E-state index contributed by atoms with van der Waals surface area (Å²) in [6.07, 6.45) is 0. The van der Waals surface area contributed by atoms with Crippen LogP contribution < -0.4 is 11.1 Å². The molecule has 6 heteroatoms. The number of nitrogens with two attached hydrogens (primary N) is 1. The fraction of sp³-hybridized carbons (Fsp3) is 0. The number of hydrogen-bond acceptors (Lipinski definition) is 3. The van der Waals surface area contributed by atoms with Crippen LogP contribution in [-0.2, 0) is 0 Å². The normalized spacial score (nSPS) is 10.3. The molecule has 0 saturated heterocycles. The molecule has 6 nitrogen and oxygen atoms in total. The van der Waals surface area contributed by atoms with Crippen LogP contribution in [0.25, 0.3) is 11.0 Å². The third kappa shape index (κ3) is 1.45. The molecule has 2 rings (SSSR count). The van der Waals surface area contributed by atoms with Crippen molar-refractivity contribution < 1.29 is 9.90 Å². The van der Waals surface area contributed by atoms with E-state index in [9.17, 15) is 4.79 Å². The fourth-order valence-corrected chi connectivity index (χ4v) is 1.17. The highest BCUT2D eigenvalue weighted by Crippen LogP contribution is 2.19. The molecule has 0 radical (unpaired) electrons. The fourth-order valence-electron chi connectivity index (χ4n) is 1.17. The van der Waals surface area contributed by atoms with Crippen molar-refractivity contribution in [3.63, 3.8) is 0 Å². The van der Waals surface area contributed by atoms with Crippen molar-refractivity contribution in [2.45, 2.75) is 0 Å². The molecule has 0 unspecified atom stereocenters. The lowest BCUT2D eigenvalue weighted by atomic mass is 10.3. The number of anilines is 1. The minimum Gasteiger partial charge on any atom is -0.508 e. The summed E-state index contributed by atoms with van der Waals surface area (Å²) >= 11 is 0. The van der Waals surface area contributed by atoms with Gasteiger partial charge in [0.05, 0.1) is 11.0 Å². The quantitative estimate of drug-likeness (QED) is 0.536. The SMILES string of the molecule is NC(=O)Nc1nc2ccc(O)cc2[nH]1. The minimum atomic E-state index is -0.687. The second-order valence-electron chi connectivity index (χ2n) is 2.78. The number of benzene rings is 1. The van der Waals surface area contributed by atoms with Crippen LogP contribution in [0.1, 0.15) is 0 Å². The second kappa shape index (κ2) is 2.91. The van der Waals surface area contributed by atoms with E-state index in [0.29, 0.717) is 11.0 Å². The Balaban J connectivity index is 2.46. The highest BCUT2D eigenvalue weighted by Gasteiger charge is 2.04. The number of aromatic hydroxyl groups is 1. The summed E-state index contributed by atoms with van der Waals surface area (Å²) in [5, 5.41) is 11.5. The molecule has 5 N–H and O–H groups in total. The Bertz CT molecular complexity index is 491. The number of amides is 2. The third-order valence-corrected chi connectivity index (χ3v) is 1.71. The van der Waals surface area contributed by atoms with Crippen molar-refractivity contribution in [1.29, 1.82) is 0 Å². The van der Waals surface area contributed by atoms with Crippen LogP contribution in [0.5, 0.6) is 5.75 Å². The zero-order valence-corrected chi connectivity index (χ0v) is 7.11. The van der Waals surface area contributed by atoms with Gasteiger partial charge in [-0.05, 0) is 12.1 Å². The molecule has 0 atom stereocenters. The van der Waals surface area contributed by atoms with Gasteiger partial charge in [0, 0.05) is 6.07 Å². The molecular formula is C8H8N4O2. The van der Waals surface area contributed by atoms with E-state index in [1.54, 1.807) is 6.07 Å². The summed E-state index contributed by atoms with van der Waals surface area (Å²) in [5.74, 6) is 0.393. The first-order valence-corrected chi connectivity index (χ1v) is 3.90. The Morgan fingerprint density at radius 3 is 3.07 bits per heavy atom. The molecule has 2 aromatic rings. The van der Waals surface area contributed by atoms with E-state index >= 15 is 0 Å². The molecule has 0 aliphatic heterocycles. The average molecular weight is 192 g/mol. The number of phenolic OH excluding ortho intramolecular Hbond substituents is 1. The number of aromatic nitrogens is 2. The standard InChI is InChI=1S/C8H8N4O2/c9-7(14)12-8-10-5-2-1-4(13)3-6(5)11-8/h1-3,13H,(H4,9,10,11,12,14). The van der Waals surface area contributed by atoms with Crippen molar-refractivity contribution in [2.24, 2.45) is 5.73 Å². The topological polar surface area (TPSA) is 104 Å². The van der Waals surface area contributed by atoms with E-state index in [1.807, 2.05) is 0 Å². The van der Waals surface area contributed by atoms with Gasteiger partial charge in [0.1, 0.15) is 5.75 Å². The predicted octanol–water partition coefficient (Wildman–Crippen LogP) is 0.759. The molecule has 1 heterocycles. The number of carbonyl (C=O) groups is 1. The van der Waals surface area contributed by atoms with Crippen LogP contribution >= 0.6 is 0 Å². The molecule has 1 aromatic heterocycles. The van der Waals surface area contributed by atoms with Crippen LogP contribution in [0.4, 0.5) is 10.7 Å². The summed E-state index contributed by atoms with van der Waals surface area (Å²) in [4.78, 5) is 17.3. The highest BCUT2D eigenvalue weighted by molar-refractivity contribution is 5.88. The van der Waals surface area contributed by atoms with Crippen molar-refractivity contribution >= 4 is 23.0 Å². The summed E-state index contributed by atoms with van der Waals surface area (Å²) in [6.45, 7) is 0. The second-order valence-corrected chi connectivity index (χ2v) is 2.78. The Hall–Kier alpha value is -2.24. The van der Waals surface area contributed by atoms with E-state index < -0.39 is 6.03 Å². The lowest BCUT2D eigenvalue weighted by molar-refractivity contribution is 0.259. The molecule has 0 aliphatic rings. The zero-order chi connectivity index (χ0) is 10.1. The van der Waals surface area contributed by atoms with Crippen molar-refractivity contribution in [3.05, 3.63) is 18.2 Å². The van der Waals surface area contributed by atoms with E-state index in [4.69, 9.17) is 10.8 Å². The van der Waals surface area contributed by atoms with Gasteiger partial charge in [0.25, 0.3) is 0 Å². The maximum atomic E-state index is 10.5. The summed E-state index contributed by atoms with van der Waals surface area (Å²) in [5.41, 5.74) is 6.19. The van der Waals surface area contributed by atoms with Crippen LogP contribution in [0.2, 0.25) is 0 Å². The number of rotatable bonds is 1. The number of phenols is 1. The minimum absolute atomic E-state index is 0.131. The number of aromatic amines is 1. The number of nitrogens with zero attached hydrogens (tertiary/aromatic N) is 1. The summed E-state index contributed by atoms with van der Waals surface area (Å²) in [6, 6.07) is 3.97. The van der Waals surface area contributed by atoms with Gasteiger partial charge < -0.3 is 15.8 Å². The van der Waals surface area contributed by atoms with Gasteiger partial charge >= 0.3 is 6.03 Å². The number of hydrogen-bond donors (Lipinski definition) is 4. The van der Waals surface area contributed by atoms with Crippen LogP contribution in [0.3, 0.4) is 0 Å². The molecule has 2 amide bonds. The lowest BCUT2D eigenvalue weighted by Crippen LogP contribution is -2.19. The average Bonchev–Trinajstić information content (AvgIpc) is 2.44. The summed E-state index contributed by atoms with van der Waals surface area (Å²) in [7, 11) is 0. The third-order valence-electron chi connectivity index (χ3n) is 1.71. The van der Waals surface area contributed by atoms with Gasteiger partial charge in [-0.15, -0.1) is 0 Å². The number of fused-ring (bicyclic) bond motifs is 1. The number of nitrogens with one attached hydrogen (secondary N) is 2. The maximum absolute atomic E-state index is 10.5. The molecule has 0 fully saturated rings. The van der Waals surface area contributed by atoms with Gasteiger partial charge in [0.15, 0.2) is 0 Å². The van der Waals surface area contributed by atoms with Crippen molar-refractivity contribution in [3.8, 4) is 5.75 Å². The maximum Gasteiger partial charge on any atom is 0.318 e. The molecule has 1 aromatic carbocycles. The largest absolute Gasteiger partial charge is 0.508 e. The Morgan fingerprint density at radius 2 is 2.36 bits per heavy atom. The van der Waals surface area contributed by atoms with E-state index in [2.05, 4.69) is 15.3 Å². The molecule has 0 bridgehead atoms. The highest BCUT2D eigenvalue weighted by atomic mass is 16.3. The molecule has 0 spiro atoms. The van der Waals surface area contributed by atoms with Gasteiger partial charge in [-0.2, -0.15) is 0 Å². The first kappa shape index (κ1) is 8.36. The predicted molar refractivity (Wildman–Crippen MR) is 51.0 cm³/mol. The molecule has 0 aliphatic carbocycles. The van der Waals surface area contributed by atoms with Crippen molar-refractivity contribution in [1.82, 2.24) is 9.97 Å². The number of urea groups is 1. The monoisotopic (exact) mass is 192 g/mol. The van der Waals surface area contributed by atoms with E-state index in [0.717, 1.165) is 0 Å². The molecule has 14 heavy (non-hydrogen) atoms. The zero-order valence-electron chi connectivity index (χ0n) is 7.11. The van der Waals surface area contributed by atoms with Gasteiger partial charge in [0.2, 0.25) is 5.95 Å².